The number of amides is 1. The summed E-state index contributed by atoms with van der Waals surface area (Å²) in [7, 11) is 1.85. The molecule has 17 heavy (non-hydrogen) atoms. The summed E-state index contributed by atoms with van der Waals surface area (Å²) < 4.78 is 1.73. The fourth-order valence-electron chi connectivity index (χ4n) is 2.38. The van der Waals surface area contributed by atoms with Gasteiger partial charge >= 0.3 is 0 Å². The van der Waals surface area contributed by atoms with Gasteiger partial charge in [-0.1, -0.05) is 22.4 Å². The van der Waals surface area contributed by atoms with E-state index in [0.29, 0.717) is 17.5 Å². The minimum Gasteiger partial charge on any atom is -0.349 e. The Balaban J connectivity index is 2.04. The van der Waals surface area contributed by atoms with Crippen molar-refractivity contribution in [3.05, 3.63) is 17.5 Å². The summed E-state index contributed by atoms with van der Waals surface area (Å²) in [6, 6.07) is 0.307. The van der Waals surface area contributed by atoms with Gasteiger partial charge in [0.1, 0.15) is 0 Å². The molecule has 0 radical (unpaired) electrons. The number of aryl methyl sites for hydroxylation is 1. The molecule has 0 aliphatic heterocycles. The van der Waals surface area contributed by atoms with E-state index in [-0.39, 0.29) is 5.91 Å². The van der Waals surface area contributed by atoms with Gasteiger partial charge in [0.2, 0.25) is 0 Å². The first-order valence-corrected chi connectivity index (χ1v) is 7.11. The van der Waals surface area contributed by atoms with Crippen molar-refractivity contribution in [2.24, 2.45) is 13.0 Å². The lowest BCUT2D eigenvalue weighted by Gasteiger charge is -2.18. The van der Waals surface area contributed by atoms with Crippen LogP contribution in [0.5, 0.6) is 0 Å². The summed E-state index contributed by atoms with van der Waals surface area (Å²) in [6.07, 6.45) is 5.12. The molecule has 1 fully saturated rings. The van der Waals surface area contributed by atoms with Gasteiger partial charge in [-0.15, -0.1) is 0 Å². The van der Waals surface area contributed by atoms with Crippen LogP contribution in [0, 0.1) is 12.8 Å². The van der Waals surface area contributed by atoms with Crippen LogP contribution in [0.3, 0.4) is 0 Å². The van der Waals surface area contributed by atoms with Gasteiger partial charge in [0.25, 0.3) is 5.91 Å². The highest BCUT2D eigenvalue weighted by atomic mass is 79.9. The smallest absolute Gasteiger partial charge is 0.254 e. The number of nitrogens with zero attached hydrogens (tertiary/aromatic N) is 2. The summed E-state index contributed by atoms with van der Waals surface area (Å²) in [4.78, 5) is 12.1. The maximum atomic E-state index is 12.1. The van der Waals surface area contributed by atoms with Crippen LogP contribution in [0.2, 0.25) is 0 Å². The van der Waals surface area contributed by atoms with Gasteiger partial charge in [-0.3, -0.25) is 9.48 Å². The molecule has 0 bridgehead atoms. The van der Waals surface area contributed by atoms with Gasteiger partial charge in [-0.25, -0.2) is 0 Å². The average molecular weight is 300 g/mol. The first-order valence-electron chi connectivity index (χ1n) is 5.99. The Bertz CT molecular complexity index is 416. The molecule has 1 aromatic heterocycles. The van der Waals surface area contributed by atoms with Crippen LogP contribution < -0.4 is 5.32 Å². The summed E-state index contributed by atoms with van der Waals surface area (Å²) in [6.45, 7) is 1.92. The molecule has 1 N–H and O–H groups in total. The van der Waals surface area contributed by atoms with E-state index in [1.807, 2.05) is 14.0 Å². The van der Waals surface area contributed by atoms with E-state index in [1.165, 1.54) is 12.8 Å². The third kappa shape index (κ3) is 2.54. The molecule has 94 valence electrons. The molecule has 1 saturated carbocycles. The summed E-state index contributed by atoms with van der Waals surface area (Å²) >= 11 is 3.51. The van der Waals surface area contributed by atoms with E-state index in [0.717, 1.165) is 17.4 Å². The lowest BCUT2D eigenvalue weighted by atomic mass is 10.1. The van der Waals surface area contributed by atoms with Gasteiger partial charge in [-0.05, 0) is 25.7 Å². The van der Waals surface area contributed by atoms with Crippen LogP contribution in [0.1, 0.15) is 35.3 Å². The van der Waals surface area contributed by atoms with Crippen LogP contribution in [0.4, 0.5) is 0 Å². The largest absolute Gasteiger partial charge is 0.349 e. The summed E-state index contributed by atoms with van der Waals surface area (Å²) in [5, 5.41) is 8.19. The van der Waals surface area contributed by atoms with E-state index in [2.05, 4.69) is 26.3 Å². The summed E-state index contributed by atoms with van der Waals surface area (Å²) in [5.74, 6) is 0.573. The Hall–Kier alpha value is -0.840. The van der Waals surface area contributed by atoms with E-state index in [4.69, 9.17) is 0 Å². The fraction of sp³-hybridized carbons (Fsp3) is 0.667. The monoisotopic (exact) mass is 299 g/mol. The standard InChI is InChI=1S/C12H18BrN3O/c1-8-10(7-14-16(8)2)12(17)15-11-5-3-4-9(11)6-13/h7,9,11H,3-6H2,1-2H3,(H,15,17). The highest BCUT2D eigenvalue weighted by Crippen LogP contribution is 2.27. The van der Waals surface area contributed by atoms with Gasteiger partial charge in [0, 0.05) is 24.1 Å². The number of aromatic nitrogens is 2. The fourth-order valence-corrected chi connectivity index (χ4v) is 3.15. The molecule has 1 aliphatic rings. The predicted molar refractivity (Wildman–Crippen MR) is 70.3 cm³/mol. The van der Waals surface area contributed by atoms with Crippen molar-refractivity contribution in [1.82, 2.24) is 15.1 Å². The van der Waals surface area contributed by atoms with Crippen molar-refractivity contribution in [2.45, 2.75) is 32.2 Å². The number of carbonyl (C=O) groups excluding carboxylic acids is 1. The van der Waals surface area contributed by atoms with E-state index in [9.17, 15) is 4.79 Å². The molecule has 0 spiro atoms. The lowest BCUT2D eigenvalue weighted by molar-refractivity contribution is 0.0929. The number of halogens is 1. The Morgan fingerprint density at radius 2 is 2.41 bits per heavy atom. The second-order valence-corrected chi connectivity index (χ2v) is 5.34. The van der Waals surface area contributed by atoms with Gasteiger partial charge < -0.3 is 5.32 Å². The number of hydrogen-bond acceptors (Lipinski definition) is 2. The summed E-state index contributed by atoms with van der Waals surface area (Å²) in [5.41, 5.74) is 1.60. The molecule has 1 amide bonds. The van der Waals surface area contributed by atoms with Crippen LogP contribution in [-0.2, 0) is 7.05 Å². The molecule has 1 aromatic rings. The first kappa shape index (κ1) is 12.6. The molecule has 2 unspecified atom stereocenters. The highest BCUT2D eigenvalue weighted by Gasteiger charge is 2.28. The molecule has 2 rings (SSSR count). The maximum Gasteiger partial charge on any atom is 0.254 e. The van der Waals surface area contributed by atoms with Crippen molar-refractivity contribution < 1.29 is 4.79 Å². The Kier molecular flexibility index (Phi) is 3.86. The molecule has 1 heterocycles. The van der Waals surface area contributed by atoms with Crippen molar-refractivity contribution in [2.75, 3.05) is 5.33 Å². The second-order valence-electron chi connectivity index (χ2n) is 4.69. The van der Waals surface area contributed by atoms with Crippen LogP contribution in [0.15, 0.2) is 6.20 Å². The zero-order valence-electron chi connectivity index (χ0n) is 10.2. The van der Waals surface area contributed by atoms with Crippen molar-refractivity contribution in [3.8, 4) is 0 Å². The Labute approximate surface area is 110 Å². The second kappa shape index (κ2) is 5.21. The number of nitrogens with one attached hydrogen (secondary N) is 1. The first-order chi connectivity index (χ1) is 8.13. The SMILES string of the molecule is Cc1c(C(=O)NC2CCCC2CBr)cnn1C. The molecule has 0 saturated heterocycles. The highest BCUT2D eigenvalue weighted by molar-refractivity contribution is 9.09. The van der Waals surface area contributed by atoms with Crippen LogP contribution >= 0.6 is 15.9 Å². The van der Waals surface area contributed by atoms with Crippen LogP contribution in [-0.4, -0.2) is 27.1 Å². The van der Waals surface area contributed by atoms with Gasteiger partial charge in [0.05, 0.1) is 11.8 Å². The molecule has 4 nitrogen and oxygen atoms in total. The van der Waals surface area contributed by atoms with Crippen molar-refractivity contribution >= 4 is 21.8 Å². The molecule has 0 aromatic carbocycles. The van der Waals surface area contributed by atoms with E-state index in [1.54, 1.807) is 10.9 Å². The average Bonchev–Trinajstić information content (AvgIpc) is 2.87. The number of hydrogen-bond donors (Lipinski definition) is 1. The lowest BCUT2D eigenvalue weighted by Crippen LogP contribution is -2.38. The van der Waals surface area contributed by atoms with Gasteiger partial charge in [0.15, 0.2) is 0 Å². The molecular formula is C12H18BrN3O. The molecular weight excluding hydrogens is 282 g/mol. The van der Waals surface area contributed by atoms with Gasteiger partial charge in [-0.2, -0.15) is 5.10 Å². The number of rotatable bonds is 3. The number of carbonyl (C=O) groups is 1. The normalized spacial score (nSPS) is 23.9. The Morgan fingerprint density at radius 3 is 3.00 bits per heavy atom. The predicted octanol–water partition coefficient (Wildman–Crippen LogP) is 2.02. The van der Waals surface area contributed by atoms with Crippen molar-refractivity contribution in [3.63, 3.8) is 0 Å². The van der Waals surface area contributed by atoms with E-state index >= 15 is 0 Å². The zero-order chi connectivity index (χ0) is 12.4. The van der Waals surface area contributed by atoms with E-state index < -0.39 is 0 Å². The maximum absolute atomic E-state index is 12.1. The topological polar surface area (TPSA) is 46.9 Å². The quantitative estimate of drug-likeness (QED) is 0.868. The molecule has 1 aliphatic carbocycles. The number of alkyl halides is 1. The van der Waals surface area contributed by atoms with Crippen molar-refractivity contribution in [1.29, 1.82) is 0 Å². The zero-order valence-corrected chi connectivity index (χ0v) is 11.8. The molecule has 2 atom stereocenters. The third-order valence-corrected chi connectivity index (χ3v) is 4.49. The minimum atomic E-state index is 0.00782. The Morgan fingerprint density at radius 1 is 1.65 bits per heavy atom. The molecule has 5 heteroatoms. The minimum absolute atomic E-state index is 0.00782. The third-order valence-electron chi connectivity index (χ3n) is 3.65. The van der Waals surface area contributed by atoms with Crippen LogP contribution in [0.25, 0.3) is 0 Å².